The zero-order chi connectivity index (χ0) is 23.8. The first kappa shape index (κ1) is 22.5. The van der Waals surface area contributed by atoms with Crippen LogP contribution in [0.5, 0.6) is 11.5 Å². The molecule has 3 aliphatic rings. The Bertz CT molecular complexity index is 1090. The van der Waals surface area contributed by atoms with E-state index >= 15 is 0 Å². The zero-order valence-corrected chi connectivity index (χ0v) is 20.2. The molecule has 2 amide bonds. The smallest absolute Gasteiger partial charge is 0.337 e. The zero-order valence-electron chi connectivity index (χ0n) is 20.2. The van der Waals surface area contributed by atoms with E-state index in [2.05, 4.69) is 34.5 Å². The van der Waals surface area contributed by atoms with Crippen LogP contribution in [-0.4, -0.2) is 69.4 Å². The van der Waals surface area contributed by atoms with Gasteiger partial charge in [-0.1, -0.05) is 12.1 Å². The van der Waals surface area contributed by atoms with Crippen LogP contribution in [0.1, 0.15) is 36.5 Å². The quantitative estimate of drug-likeness (QED) is 0.751. The molecule has 0 aliphatic carbocycles. The van der Waals surface area contributed by atoms with Crippen molar-refractivity contribution in [1.29, 1.82) is 0 Å². The maximum absolute atomic E-state index is 12.7. The number of benzene rings is 2. The lowest BCUT2D eigenvalue weighted by Crippen LogP contribution is -2.42. The summed E-state index contributed by atoms with van der Waals surface area (Å²) in [5.74, 6) is 1.30. The van der Waals surface area contributed by atoms with Crippen molar-refractivity contribution in [2.75, 3.05) is 39.3 Å². The number of ether oxygens (including phenoxy) is 3. The summed E-state index contributed by atoms with van der Waals surface area (Å²) in [6, 6.07) is 12.0. The fraction of sp³-hybridized carbons (Fsp3) is 0.462. The summed E-state index contributed by atoms with van der Waals surface area (Å²) in [7, 11) is 4.88. The van der Waals surface area contributed by atoms with Gasteiger partial charge in [0.25, 0.3) is 0 Å². The summed E-state index contributed by atoms with van der Waals surface area (Å²) in [6.45, 7) is 3.86. The van der Waals surface area contributed by atoms with Gasteiger partial charge in [-0.05, 0) is 56.0 Å². The second-order valence-corrected chi connectivity index (χ2v) is 9.18. The number of anilines is 1. The normalized spacial score (nSPS) is 23.6. The molecule has 8 nitrogen and oxygen atoms in total. The van der Waals surface area contributed by atoms with E-state index < -0.39 is 0 Å². The number of fused-ring (bicyclic) bond motifs is 3. The highest BCUT2D eigenvalue weighted by atomic mass is 16.5. The Morgan fingerprint density at radius 3 is 2.32 bits per heavy atom. The topological polar surface area (TPSA) is 75.6 Å². The second kappa shape index (κ2) is 9.18. The van der Waals surface area contributed by atoms with Crippen LogP contribution in [0, 0.1) is 0 Å². The molecule has 0 radical (unpaired) electrons. The fourth-order valence-electron chi connectivity index (χ4n) is 5.20. The van der Waals surface area contributed by atoms with E-state index in [-0.39, 0.29) is 12.1 Å². The highest BCUT2D eigenvalue weighted by Crippen LogP contribution is 2.35. The molecule has 1 N–H and O–H groups in total. The van der Waals surface area contributed by atoms with E-state index in [0.29, 0.717) is 30.1 Å². The molecule has 2 aromatic rings. The number of hydrogen-bond acceptors (Lipinski definition) is 6. The lowest BCUT2D eigenvalue weighted by Gasteiger charge is -2.34. The first-order valence-corrected chi connectivity index (χ1v) is 11.9. The van der Waals surface area contributed by atoms with Gasteiger partial charge < -0.3 is 24.4 Å². The predicted molar refractivity (Wildman–Crippen MR) is 131 cm³/mol. The Kier molecular flexibility index (Phi) is 6.08. The molecule has 3 atom stereocenters. The number of nitrogens with zero attached hydrogens (tertiary/aromatic N) is 3. The fourth-order valence-corrected chi connectivity index (χ4v) is 5.20. The molecular formula is C26H32N4O4. The minimum atomic E-state index is -0.239. The number of carbonyl (C=O) groups is 1. The van der Waals surface area contributed by atoms with E-state index in [1.807, 2.05) is 19.1 Å². The number of methoxy groups -OCH3 is 2. The molecule has 8 heteroatoms. The predicted octanol–water partition coefficient (Wildman–Crippen LogP) is 3.41. The number of amides is 2. The minimum Gasteiger partial charge on any atom is -0.493 e. The molecule has 1 unspecified atom stereocenters. The average molecular weight is 465 g/mol. The van der Waals surface area contributed by atoms with Crippen LogP contribution in [0.2, 0.25) is 0 Å². The van der Waals surface area contributed by atoms with Crippen LogP contribution >= 0.6 is 0 Å². The van der Waals surface area contributed by atoms with Gasteiger partial charge in [-0.3, -0.25) is 0 Å². The summed E-state index contributed by atoms with van der Waals surface area (Å²) < 4.78 is 17.1. The highest BCUT2D eigenvalue weighted by Gasteiger charge is 2.34. The van der Waals surface area contributed by atoms with Crippen molar-refractivity contribution >= 4 is 17.4 Å². The summed E-state index contributed by atoms with van der Waals surface area (Å²) in [4.78, 5) is 15.1. The lowest BCUT2D eigenvalue weighted by molar-refractivity contribution is 0.0305. The van der Waals surface area contributed by atoms with Gasteiger partial charge in [0.15, 0.2) is 11.5 Å². The first-order valence-electron chi connectivity index (χ1n) is 11.9. The second-order valence-electron chi connectivity index (χ2n) is 9.18. The summed E-state index contributed by atoms with van der Waals surface area (Å²) in [5, 5.41) is 9.10. The first-order chi connectivity index (χ1) is 16.5. The van der Waals surface area contributed by atoms with Crippen molar-refractivity contribution in [2.45, 2.75) is 44.4 Å². The van der Waals surface area contributed by atoms with Crippen LogP contribution in [0.25, 0.3) is 0 Å². The van der Waals surface area contributed by atoms with Crippen molar-refractivity contribution < 1.29 is 19.0 Å². The maximum Gasteiger partial charge on any atom is 0.337 e. The third-order valence-electron chi connectivity index (χ3n) is 6.98. The SMILES string of the molecule is CNC(=O)N1N=C(c2ccc(N3C[C@H]4CC[C@H](C3)O4)cc2)c2cc(OC)c(OC)cc2CC1C. The van der Waals surface area contributed by atoms with Gasteiger partial charge >= 0.3 is 6.03 Å². The van der Waals surface area contributed by atoms with Crippen LogP contribution in [-0.2, 0) is 11.2 Å². The van der Waals surface area contributed by atoms with Gasteiger partial charge in [0.1, 0.15) is 0 Å². The van der Waals surface area contributed by atoms with Crippen molar-refractivity contribution in [3.63, 3.8) is 0 Å². The Balaban J connectivity index is 1.55. The number of rotatable bonds is 4. The Hall–Kier alpha value is -3.26. The van der Waals surface area contributed by atoms with Crippen LogP contribution in [0.3, 0.4) is 0 Å². The van der Waals surface area contributed by atoms with Gasteiger partial charge in [0.05, 0.1) is 38.2 Å². The van der Waals surface area contributed by atoms with Gasteiger partial charge in [0.2, 0.25) is 0 Å². The standard InChI is InChI=1S/C26H32N4O4/c1-16-11-18-12-23(32-3)24(33-4)13-22(18)25(28-30(16)26(31)27-2)17-5-7-19(8-6-17)29-14-20-9-10-21(15-29)34-20/h5-8,12-13,16,20-21H,9-11,14-15H2,1-4H3,(H,27,31)/t16?,20-,21-/m1/s1. The Labute approximate surface area is 200 Å². The van der Waals surface area contributed by atoms with Gasteiger partial charge in [0, 0.05) is 37.0 Å². The molecule has 0 saturated carbocycles. The number of morpholine rings is 1. The van der Waals surface area contributed by atoms with Crippen LogP contribution in [0.4, 0.5) is 10.5 Å². The molecule has 180 valence electrons. The molecule has 3 heterocycles. The van der Waals surface area contributed by atoms with E-state index in [1.165, 1.54) is 10.7 Å². The van der Waals surface area contributed by atoms with Crippen molar-refractivity contribution in [3.05, 3.63) is 53.1 Å². The molecule has 2 aromatic carbocycles. The summed E-state index contributed by atoms with van der Waals surface area (Å²) in [5.41, 5.74) is 4.85. The highest BCUT2D eigenvalue weighted by molar-refractivity contribution is 6.14. The number of carbonyl (C=O) groups excluding carboxylic acids is 1. The molecule has 0 aromatic heterocycles. The average Bonchev–Trinajstić information content (AvgIpc) is 3.13. The third-order valence-corrected chi connectivity index (χ3v) is 6.98. The maximum atomic E-state index is 12.7. The number of hydrogen-bond donors (Lipinski definition) is 1. The molecule has 3 aliphatic heterocycles. The van der Waals surface area contributed by atoms with E-state index in [4.69, 9.17) is 19.3 Å². The van der Waals surface area contributed by atoms with Crippen molar-refractivity contribution in [2.24, 2.45) is 5.10 Å². The van der Waals surface area contributed by atoms with Crippen molar-refractivity contribution in [3.8, 4) is 11.5 Å². The number of hydrazone groups is 1. The Morgan fingerprint density at radius 2 is 1.71 bits per heavy atom. The Morgan fingerprint density at radius 1 is 1.06 bits per heavy atom. The molecule has 2 saturated heterocycles. The molecule has 2 bridgehead atoms. The molecule has 2 fully saturated rings. The van der Waals surface area contributed by atoms with E-state index in [9.17, 15) is 4.79 Å². The molecular weight excluding hydrogens is 432 g/mol. The van der Waals surface area contributed by atoms with Crippen LogP contribution in [0.15, 0.2) is 41.5 Å². The van der Waals surface area contributed by atoms with Gasteiger partial charge in [-0.2, -0.15) is 5.10 Å². The minimum absolute atomic E-state index is 0.127. The third kappa shape index (κ3) is 4.07. The molecule has 34 heavy (non-hydrogen) atoms. The summed E-state index contributed by atoms with van der Waals surface area (Å²) in [6.07, 6.45) is 3.60. The van der Waals surface area contributed by atoms with E-state index in [1.54, 1.807) is 21.3 Å². The largest absolute Gasteiger partial charge is 0.493 e. The van der Waals surface area contributed by atoms with Gasteiger partial charge in [-0.15, -0.1) is 0 Å². The molecule has 0 spiro atoms. The monoisotopic (exact) mass is 464 g/mol. The van der Waals surface area contributed by atoms with E-state index in [0.717, 1.165) is 48.3 Å². The number of urea groups is 1. The summed E-state index contributed by atoms with van der Waals surface area (Å²) >= 11 is 0. The molecule has 5 rings (SSSR count). The van der Waals surface area contributed by atoms with Crippen LogP contribution < -0.4 is 19.7 Å². The van der Waals surface area contributed by atoms with Crippen molar-refractivity contribution in [1.82, 2.24) is 10.3 Å². The lowest BCUT2D eigenvalue weighted by atomic mass is 9.94. The van der Waals surface area contributed by atoms with Gasteiger partial charge in [-0.25, -0.2) is 9.80 Å². The number of nitrogens with one attached hydrogen (secondary N) is 1.